The molecule has 0 spiro atoms. The Balaban J connectivity index is 2.92. The van der Waals surface area contributed by atoms with E-state index in [1.165, 1.54) is 12.1 Å². The number of halogens is 2. The number of hydrogen-bond acceptors (Lipinski definition) is 4. The van der Waals surface area contributed by atoms with E-state index in [9.17, 15) is 9.59 Å². The van der Waals surface area contributed by atoms with Crippen LogP contribution in [0.15, 0.2) is 35.5 Å². The summed E-state index contributed by atoms with van der Waals surface area (Å²) in [7, 11) is 0. The molecule has 0 saturated carbocycles. The molecule has 0 bridgehead atoms. The second kappa shape index (κ2) is 6.22. The summed E-state index contributed by atoms with van der Waals surface area (Å²) in [4.78, 5) is 24.7. The Labute approximate surface area is 107 Å². The van der Waals surface area contributed by atoms with Gasteiger partial charge in [-0.3, -0.25) is 0 Å². The largest absolute Gasteiger partial charge is 0.476 e. The van der Waals surface area contributed by atoms with Crippen LogP contribution in [0.5, 0.6) is 0 Å². The Hall–Kier alpha value is -1.59. The van der Waals surface area contributed by atoms with E-state index in [0.717, 1.165) is 0 Å². The number of rotatable bonds is 4. The van der Waals surface area contributed by atoms with Crippen molar-refractivity contribution in [2.24, 2.45) is 5.16 Å². The van der Waals surface area contributed by atoms with Gasteiger partial charge in [0.15, 0.2) is 5.71 Å². The van der Waals surface area contributed by atoms with Crippen molar-refractivity contribution in [2.75, 3.05) is 0 Å². The van der Waals surface area contributed by atoms with E-state index < -0.39 is 22.5 Å². The summed E-state index contributed by atoms with van der Waals surface area (Å²) in [6.07, 6.45) is 0. The van der Waals surface area contributed by atoms with E-state index >= 15 is 0 Å². The fourth-order valence-electron chi connectivity index (χ4n) is 0.942. The van der Waals surface area contributed by atoms with Crippen molar-refractivity contribution in [2.45, 2.75) is 4.84 Å². The van der Waals surface area contributed by atoms with E-state index in [0.29, 0.717) is 5.56 Å². The molecular formula is C10H7Cl2NO4. The van der Waals surface area contributed by atoms with Crippen molar-refractivity contribution in [1.29, 1.82) is 0 Å². The number of hydrogen-bond donors (Lipinski definition) is 1. The lowest BCUT2D eigenvalue weighted by molar-refractivity contribution is -0.141. The SMILES string of the molecule is O=C(O)/C(=N/OC(=O)C(Cl)Cl)c1ccccc1. The summed E-state index contributed by atoms with van der Waals surface area (Å²) in [5.41, 5.74) is -0.110. The molecule has 0 atom stereocenters. The van der Waals surface area contributed by atoms with Gasteiger partial charge in [0.2, 0.25) is 4.84 Å². The Bertz CT molecular complexity index is 445. The molecule has 0 aliphatic heterocycles. The van der Waals surface area contributed by atoms with Crippen LogP contribution in [-0.2, 0) is 14.4 Å². The molecule has 1 rings (SSSR count). The van der Waals surface area contributed by atoms with Crippen LogP contribution < -0.4 is 0 Å². The lowest BCUT2D eigenvalue weighted by Crippen LogP contribution is -2.17. The maximum Gasteiger partial charge on any atom is 0.367 e. The zero-order valence-corrected chi connectivity index (χ0v) is 9.85. The third-order valence-corrected chi connectivity index (χ3v) is 2.01. The summed E-state index contributed by atoms with van der Waals surface area (Å²) < 4.78 is 0. The predicted molar refractivity (Wildman–Crippen MR) is 62.2 cm³/mol. The molecule has 5 nitrogen and oxygen atoms in total. The molecule has 1 N–H and O–H groups in total. The molecule has 90 valence electrons. The molecule has 0 aliphatic carbocycles. The molecule has 0 aliphatic rings. The summed E-state index contributed by atoms with van der Waals surface area (Å²) in [5, 5.41) is 12.1. The highest BCUT2D eigenvalue weighted by Crippen LogP contribution is 2.06. The summed E-state index contributed by atoms with van der Waals surface area (Å²) >= 11 is 10.4. The van der Waals surface area contributed by atoms with Gasteiger partial charge in [0.1, 0.15) is 0 Å². The number of oxime groups is 1. The standard InChI is InChI=1S/C10H7Cl2NO4/c11-8(12)10(16)17-13-7(9(14)15)6-4-2-1-3-5-6/h1-5,8H,(H,14,15)/b13-7+. The molecule has 1 aromatic carbocycles. The van der Waals surface area contributed by atoms with Crippen LogP contribution in [0.3, 0.4) is 0 Å². The normalized spacial score (nSPS) is 11.4. The van der Waals surface area contributed by atoms with Gasteiger partial charge in [-0.2, -0.15) is 0 Å². The van der Waals surface area contributed by atoms with E-state index in [4.69, 9.17) is 28.3 Å². The third-order valence-electron chi connectivity index (χ3n) is 1.65. The van der Waals surface area contributed by atoms with E-state index in [1.807, 2.05) is 0 Å². The highest BCUT2D eigenvalue weighted by molar-refractivity contribution is 6.53. The van der Waals surface area contributed by atoms with Crippen LogP contribution >= 0.6 is 23.2 Å². The van der Waals surface area contributed by atoms with Crippen molar-refractivity contribution < 1.29 is 19.5 Å². The van der Waals surface area contributed by atoms with Crippen molar-refractivity contribution in [1.82, 2.24) is 0 Å². The lowest BCUT2D eigenvalue weighted by atomic mass is 10.1. The smallest absolute Gasteiger partial charge is 0.367 e. The minimum Gasteiger partial charge on any atom is -0.476 e. The van der Waals surface area contributed by atoms with Gasteiger partial charge in [-0.1, -0.05) is 58.7 Å². The summed E-state index contributed by atoms with van der Waals surface area (Å²) in [6.45, 7) is 0. The zero-order chi connectivity index (χ0) is 12.8. The van der Waals surface area contributed by atoms with Gasteiger partial charge in [-0.15, -0.1) is 0 Å². The number of alkyl halides is 2. The van der Waals surface area contributed by atoms with Crippen molar-refractivity contribution in [3.05, 3.63) is 35.9 Å². The fraction of sp³-hybridized carbons (Fsp3) is 0.100. The first kappa shape index (κ1) is 13.5. The molecule has 0 saturated heterocycles. The van der Waals surface area contributed by atoms with Crippen LogP contribution in [0, 0.1) is 0 Å². The maximum atomic E-state index is 10.9. The average Bonchev–Trinajstić information content (AvgIpc) is 2.29. The maximum absolute atomic E-state index is 10.9. The highest BCUT2D eigenvalue weighted by Gasteiger charge is 2.17. The van der Waals surface area contributed by atoms with Gasteiger partial charge in [0.05, 0.1) is 0 Å². The first-order chi connectivity index (χ1) is 8.02. The fourth-order valence-corrected chi connectivity index (χ4v) is 1.02. The highest BCUT2D eigenvalue weighted by atomic mass is 35.5. The quantitative estimate of drug-likeness (QED) is 0.394. The monoisotopic (exact) mass is 275 g/mol. The number of aliphatic carboxylic acids is 1. The minimum absolute atomic E-state index is 0.300. The van der Waals surface area contributed by atoms with E-state index in [1.54, 1.807) is 18.2 Å². The Morgan fingerprint density at radius 3 is 2.29 bits per heavy atom. The van der Waals surface area contributed by atoms with Gasteiger partial charge in [0.25, 0.3) is 0 Å². The first-order valence-electron chi connectivity index (χ1n) is 4.38. The molecule has 0 heterocycles. The van der Waals surface area contributed by atoms with E-state index in [-0.39, 0.29) is 0 Å². The van der Waals surface area contributed by atoms with Crippen molar-refractivity contribution >= 4 is 40.9 Å². The molecule has 7 heteroatoms. The number of carboxylic acids is 1. The van der Waals surface area contributed by atoms with Gasteiger partial charge < -0.3 is 9.94 Å². The zero-order valence-electron chi connectivity index (χ0n) is 8.34. The number of carbonyl (C=O) groups excluding carboxylic acids is 1. The van der Waals surface area contributed by atoms with Crippen molar-refractivity contribution in [3.63, 3.8) is 0 Å². The van der Waals surface area contributed by atoms with Gasteiger partial charge in [-0.05, 0) is 0 Å². The van der Waals surface area contributed by atoms with Crippen molar-refractivity contribution in [3.8, 4) is 0 Å². The molecule has 0 amide bonds. The van der Waals surface area contributed by atoms with Gasteiger partial charge in [0, 0.05) is 5.56 Å². The Morgan fingerprint density at radius 2 is 1.82 bits per heavy atom. The van der Waals surface area contributed by atoms with E-state index in [2.05, 4.69) is 9.99 Å². The predicted octanol–water partition coefficient (Wildman–Crippen LogP) is 1.82. The second-order valence-corrected chi connectivity index (χ2v) is 3.92. The van der Waals surface area contributed by atoms with Crippen LogP contribution in [0.25, 0.3) is 0 Å². The van der Waals surface area contributed by atoms with Gasteiger partial charge in [-0.25, -0.2) is 9.59 Å². The second-order valence-electron chi connectivity index (χ2n) is 2.82. The van der Waals surface area contributed by atoms with Gasteiger partial charge >= 0.3 is 11.9 Å². The molecule has 17 heavy (non-hydrogen) atoms. The molecular weight excluding hydrogens is 269 g/mol. The van der Waals surface area contributed by atoms with Crippen LogP contribution in [0.4, 0.5) is 0 Å². The molecule has 1 aromatic rings. The molecule has 0 unspecified atom stereocenters. The summed E-state index contributed by atoms with van der Waals surface area (Å²) in [6, 6.07) is 7.99. The molecule has 0 aromatic heterocycles. The van der Waals surface area contributed by atoms with Crippen LogP contribution in [-0.4, -0.2) is 27.6 Å². The topological polar surface area (TPSA) is 76.0 Å². The number of carbonyl (C=O) groups is 2. The Morgan fingerprint density at radius 1 is 1.24 bits per heavy atom. The lowest BCUT2D eigenvalue weighted by Gasteiger charge is -2.01. The molecule has 0 fully saturated rings. The number of carboxylic acid groups (broad SMARTS) is 1. The first-order valence-corrected chi connectivity index (χ1v) is 5.25. The Kier molecular flexibility index (Phi) is 4.93. The average molecular weight is 276 g/mol. The number of nitrogens with zero attached hydrogens (tertiary/aromatic N) is 1. The third kappa shape index (κ3) is 4.05. The minimum atomic E-state index is -1.41. The summed E-state index contributed by atoms with van der Waals surface area (Å²) in [5.74, 6) is -2.37. The molecule has 0 radical (unpaired) electrons. The van der Waals surface area contributed by atoms with Crippen LogP contribution in [0.2, 0.25) is 0 Å². The number of benzene rings is 1. The van der Waals surface area contributed by atoms with Crippen LogP contribution in [0.1, 0.15) is 5.56 Å².